The smallest absolute Gasteiger partial charge is 0.131 e. The normalized spacial score (nSPS) is 14.6. The van der Waals surface area contributed by atoms with E-state index in [9.17, 15) is 0 Å². The molecular formula is C13H14N2O. The summed E-state index contributed by atoms with van der Waals surface area (Å²) >= 11 is 0. The molecule has 1 aromatic carbocycles. The molecule has 0 saturated carbocycles. The Morgan fingerprint density at radius 2 is 2.19 bits per heavy atom. The Hall–Kier alpha value is -1.61. The van der Waals surface area contributed by atoms with Crippen LogP contribution in [-0.2, 0) is 13.0 Å². The van der Waals surface area contributed by atoms with Gasteiger partial charge < -0.3 is 10.5 Å². The zero-order valence-corrected chi connectivity index (χ0v) is 9.07. The minimum Gasteiger partial charge on any atom is -0.493 e. The van der Waals surface area contributed by atoms with E-state index in [1.165, 1.54) is 5.56 Å². The lowest BCUT2D eigenvalue weighted by molar-refractivity contribution is 0.292. The molecule has 3 rings (SSSR count). The summed E-state index contributed by atoms with van der Waals surface area (Å²) in [5.41, 5.74) is 8.77. The van der Waals surface area contributed by atoms with Gasteiger partial charge in [-0.25, -0.2) is 0 Å². The third-order valence-corrected chi connectivity index (χ3v) is 3.01. The van der Waals surface area contributed by atoms with Crippen molar-refractivity contribution in [2.75, 3.05) is 6.61 Å². The second-order valence-corrected chi connectivity index (χ2v) is 4.08. The fourth-order valence-corrected chi connectivity index (χ4v) is 2.18. The van der Waals surface area contributed by atoms with E-state index in [0.29, 0.717) is 6.54 Å². The van der Waals surface area contributed by atoms with Crippen molar-refractivity contribution in [3.63, 3.8) is 0 Å². The topological polar surface area (TPSA) is 48.1 Å². The van der Waals surface area contributed by atoms with Crippen LogP contribution in [0.1, 0.15) is 17.7 Å². The second kappa shape index (κ2) is 3.76. The Morgan fingerprint density at radius 1 is 1.25 bits per heavy atom. The number of fused-ring (bicyclic) bond motifs is 3. The number of hydrogen-bond donors (Lipinski definition) is 1. The average Bonchev–Trinajstić information content (AvgIpc) is 2.38. The lowest BCUT2D eigenvalue weighted by Gasteiger charge is -2.18. The van der Waals surface area contributed by atoms with Gasteiger partial charge in [-0.3, -0.25) is 4.98 Å². The molecule has 0 bridgehead atoms. The fourth-order valence-electron chi connectivity index (χ4n) is 2.18. The summed E-state index contributed by atoms with van der Waals surface area (Å²) in [7, 11) is 0. The standard InChI is InChI=1S/C13H14N2O/c14-8-10-4-5-11-12(15-10)6-3-9-2-1-7-16-13(9)11/h3-6H,1-2,7-8,14H2. The minimum absolute atomic E-state index is 0.480. The van der Waals surface area contributed by atoms with Crippen molar-refractivity contribution < 1.29 is 4.74 Å². The largest absolute Gasteiger partial charge is 0.493 e. The Bertz CT molecular complexity index is 537. The number of nitrogens with zero attached hydrogens (tertiary/aromatic N) is 1. The van der Waals surface area contributed by atoms with E-state index in [2.05, 4.69) is 23.2 Å². The number of aromatic nitrogens is 1. The highest BCUT2D eigenvalue weighted by Crippen LogP contribution is 2.32. The lowest BCUT2D eigenvalue weighted by Crippen LogP contribution is -2.09. The van der Waals surface area contributed by atoms with Gasteiger partial charge in [-0.2, -0.15) is 0 Å². The van der Waals surface area contributed by atoms with Crippen molar-refractivity contribution >= 4 is 10.9 Å². The van der Waals surface area contributed by atoms with Crippen molar-refractivity contribution in [2.45, 2.75) is 19.4 Å². The van der Waals surface area contributed by atoms with E-state index < -0.39 is 0 Å². The maximum Gasteiger partial charge on any atom is 0.131 e. The maximum absolute atomic E-state index is 5.74. The van der Waals surface area contributed by atoms with Crippen LogP contribution >= 0.6 is 0 Å². The Kier molecular flexibility index (Phi) is 2.26. The number of nitrogens with two attached hydrogens (primary N) is 1. The van der Waals surface area contributed by atoms with Gasteiger partial charge in [0.1, 0.15) is 5.75 Å². The summed E-state index contributed by atoms with van der Waals surface area (Å²) in [6.07, 6.45) is 2.21. The molecule has 2 N–H and O–H groups in total. The summed E-state index contributed by atoms with van der Waals surface area (Å²) in [5.74, 6) is 1.01. The highest BCUT2D eigenvalue weighted by Gasteiger charge is 2.13. The van der Waals surface area contributed by atoms with Crippen LogP contribution in [-0.4, -0.2) is 11.6 Å². The molecule has 3 nitrogen and oxygen atoms in total. The first-order valence-corrected chi connectivity index (χ1v) is 5.63. The van der Waals surface area contributed by atoms with Crippen LogP contribution < -0.4 is 10.5 Å². The number of rotatable bonds is 1. The summed E-state index contributed by atoms with van der Waals surface area (Å²) in [6.45, 7) is 1.29. The second-order valence-electron chi connectivity index (χ2n) is 4.08. The first-order valence-electron chi connectivity index (χ1n) is 5.63. The molecule has 2 aromatic rings. The zero-order chi connectivity index (χ0) is 11.0. The highest BCUT2D eigenvalue weighted by atomic mass is 16.5. The predicted molar refractivity (Wildman–Crippen MR) is 63.5 cm³/mol. The summed E-state index contributed by atoms with van der Waals surface area (Å²) in [5, 5.41) is 1.11. The van der Waals surface area contributed by atoms with Gasteiger partial charge in [0.2, 0.25) is 0 Å². The quantitative estimate of drug-likeness (QED) is 0.790. The Morgan fingerprint density at radius 3 is 3.06 bits per heavy atom. The Balaban J connectivity index is 2.24. The summed E-state index contributed by atoms with van der Waals surface area (Å²) in [4.78, 5) is 4.50. The van der Waals surface area contributed by atoms with E-state index in [1.807, 2.05) is 6.07 Å². The van der Waals surface area contributed by atoms with Gasteiger partial charge in [0.05, 0.1) is 17.8 Å². The van der Waals surface area contributed by atoms with Gasteiger partial charge in [-0.1, -0.05) is 6.07 Å². The highest BCUT2D eigenvalue weighted by molar-refractivity contribution is 5.86. The van der Waals surface area contributed by atoms with Gasteiger partial charge in [-0.05, 0) is 36.6 Å². The molecule has 2 heterocycles. The molecule has 0 radical (unpaired) electrons. The zero-order valence-electron chi connectivity index (χ0n) is 9.07. The molecule has 0 saturated heterocycles. The molecule has 1 aliphatic rings. The van der Waals surface area contributed by atoms with Crippen molar-refractivity contribution in [1.82, 2.24) is 4.98 Å². The van der Waals surface area contributed by atoms with E-state index in [0.717, 1.165) is 41.8 Å². The number of ether oxygens (including phenoxy) is 1. The van der Waals surface area contributed by atoms with Gasteiger partial charge in [0, 0.05) is 11.9 Å². The molecule has 0 aliphatic carbocycles. The monoisotopic (exact) mass is 214 g/mol. The first kappa shape index (κ1) is 9.60. The summed E-state index contributed by atoms with van der Waals surface area (Å²) < 4.78 is 5.74. The first-order chi connectivity index (χ1) is 7.88. The SMILES string of the molecule is NCc1ccc2c3c(ccc2n1)CCCO3. The van der Waals surface area contributed by atoms with Crippen LogP contribution in [0.2, 0.25) is 0 Å². The molecule has 3 heteroatoms. The van der Waals surface area contributed by atoms with E-state index >= 15 is 0 Å². The van der Waals surface area contributed by atoms with Crippen LogP contribution in [0.15, 0.2) is 24.3 Å². The number of hydrogen-bond acceptors (Lipinski definition) is 3. The summed E-state index contributed by atoms with van der Waals surface area (Å²) in [6, 6.07) is 8.21. The van der Waals surface area contributed by atoms with Gasteiger partial charge in [0.15, 0.2) is 0 Å². The van der Waals surface area contributed by atoms with Crippen LogP contribution in [0.4, 0.5) is 0 Å². The third-order valence-electron chi connectivity index (χ3n) is 3.01. The molecular weight excluding hydrogens is 200 g/mol. The van der Waals surface area contributed by atoms with Gasteiger partial charge in [0.25, 0.3) is 0 Å². The van der Waals surface area contributed by atoms with E-state index in [-0.39, 0.29) is 0 Å². The molecule has 0 amide bonds. The van der Waals surface area contributed by atoms with Gasteiger partial charge >= 0.3 is 0 Å². The number of benzene rings is 1. The van der Waals surface area contributed by atoms with Crippen LogP contribution in [0.5, 0.6) is 5.75 Å². The minimum atomic E-state index is 0.480. The van der Waals surface area contributed by atoms with Crippen molar-refractivity contribution in [1.29, 1.82) is 0 Å². The van der Waals surface area contributed by atoms with Crippen LogP contribution in [0.3, 0.4) is 0 Å². The molecule has 0 unspecified atom stereocenters. The molecule has 0 fully saturated rings. The van der Waals surface area contributed by atoms with Crippen molar-refractivity contribution in [2.24, 2.45) is 5.73 Å². The molecule has 0 atom stereocenters. The van der Waals surface area contributed by atoms with Crippen molar-refractivity contribution in [3.05, 3.63) is 35.5 Å². The average molecular weight is 214 g/mol. The third kappa shape index (κ3) is 1.44. The molecule has 1 aromatic heterocycles. The van der Waals surface area contributed by atoms with E-state index in [1.54, 1.807) is 0 Å². The van der Waals surface area contributed by atoms with Crippen LogP contribution in [0.25, 0.3) is 10.9 Å². The molecule has 16 heavy (non-hydrogen) atoms. The molecule has 1 aliphatic heterocycles. The fraction of sp³-hybridized carbons (Fsp3) is 0.308. The lowest BCUT2D eigenvalue weighted by atomic mass is 10.0. The van der Waals surface area contributed by atoms with Crippen molar-refractivity contribution in [3.8, 4) is 5.75 Å². The van der Waals surface area contributed by atoms with E-state index in [4.69, 9.17) is 10.5 Å². The Labute approximate surface area is 94.2 Å². The molecule has 82 valence electrons. The van der Waals surface area contributed by atoms with Gasteiger partial charge in [-0.15, -0.1) is 0 Å². The maximum atomic E-state index is 5.74. The molecule has 0 spiro atoms. The number of pyridine rings is 1. The predicted octanol–water partition coefficient (Wildman–Crippen LogP) is 2.02. The van der Waals surface area contributed by atoms with Crippen LogP contribution in [0, 0.1) is 0 Å². The number of aryl methyl sites for hydroxylation is 1.